The average Bonchev–Trinajstić information content (AvgIpc) is 3.20. The van der Waals surface area contributed by atoms with E-state index >= 15 is 0 Å². The first-order valence-electron chi connectivity index (χ1n) is 10.6. The third-order valence-corrected chi connectivity index (χ3v) is 6.29. The molecule has 2 aromatic carbocycles. The number of esters is 1. The number of hydrogen-bond acceptors (Lipinski definition) is 4. The SMILES string of the molecule is CCc1ccc(-c2csc(NC(=O)CCc3ccc(C(C)C)cc3)c2C(=O)OC)cc1. The van der Waals surface area contributed by atoms with Crippen LogP contribution in [0.2, 0.25) is 0 Å². The Hall–Kier alpha value is -2.92. The molecule has 0 aliphatic rings. The highest BCUT2D eigenvalue weighted by Crippen LogP contribution is 2.36. The minimum absolute atomic E-state index is 0.118. The Morgan fingerprint density at radius 2 is 1.65 bits per heavy atom. The molecule has 0 atom stereocenters. The highest BCUT2D eigenvalue weighted by molar-refractivity contribution is 7.15. The molecule has 162 valence electrons. The van der Waals surface area contributed by atoms with Crippen molar-refractivity contribution in [3.05, 3.63) is 76.2 Å². The highest BCUT2D eigenvalue weighted by atomic mass is 32.1. The molecule has 0 saturated heterocycles. The number of amides is 1. The van der Waals surface area contributed by atoms with E-state index in [9.17, 15) is 9.59 Å². The normalized spacial score (nSPS) is 10.9. The summed E-state index contributed by atoms with van der Waals surface area (Å²) in [6.45, 7) is 6.43. The van der Waals surface area contributed by atoms with Crippen molar-refractivity contribution >= 4 is 28.2 Å². The van der Waals surface area contributed by atoms with Crippen molar-refractivity contribution in [3.63, 3.8) is 0 Å². The maximum atomic E-state index is 12.6. The van der Waals surface area contributed by atoms with Crippen molar-refractivity contribution in [3.8, 4) is 11.1 Å². The van der Waals surface area contributed by atoms with E-state index in [-0.39, 0.29) is 5.91 Å². The van der Waals surface area contributed by atoms with Crippen molar-refractivity contribution in [2.24, 2.45) is 0 Å². The number of thiophene rings is 1. The Kier molecular flexibility index (Phi) is 7.64. The zero-order chi connectivity index (χ0) is 22.4. The van der Waals surface area contributed by atoms with E-state index in [0.717, 1.165) is 23.1 Å². The molecule has 0 aliphatic carbocycles. The molecule has 0 aliphatic heterocycles. The molecular formula is C26H29NO3S. The Morgan fingerprint density at radius 3 is 2.23 bits per heavy atom. The van der Waals surface area contributed by atoms with Crippen LogP contribution in [0.25, 0.3) is 11.1 Å². The molecule has 0 bridgehead atoms. The molecule has 0 saturated carbocycles. The van der Waals surface area contributed by atoms with Gasteiger partial charge in [0.25, 0.3) is 0 Å². The number of nitrogens with one attached hydrogen (secondary N) is 1. The van der Waals surface area contributed by atoms with Crippen LogP contribution in [-0.2, 0) is 22.4 Å². The van der Waals surface area contributed by atoms with E-state index in [0.29, 0.717) is 29.3 Å². The number of methoxy groups -OCH3 is 1. The van der Waals surface area contributed by atoms with E-state index in [4.69, 9.17) is 4.74 Å². The van der Waals surface area contributed by atoms with Gasteiger partial charge in [-0.2, -0.15) is 0 Å². The van der Waals surface area contributed by atoms with Gasteiger partial charge in [-0.05, 0) is 41.0 Å². The predicted molar refractivity (Wildman–Crippen MR) is 128 cm³/mol. The largest absolute Gasteiger partial charge is 0.465 e. The van der Waals surface area contributed by atoms with Crippen LogP contribution in [0.3, 0.4) is 0 Å². The predicted octanol–water partition coefficient (Wildman–Crippen LogP) is 6.46. The first-order valence-corrected chi connectivity index (χ1v) is 11.5. The van der Waals surface area contributed by atoms with Gasteiger partial charge in [0.1, 0.15) is 10.6 Å². The molecule has 3 rings (SSSR count). The molecular weight excluding hydrogens is 406 g/mol. The lowest BCUT2D eigenvalue weighted by molar-refractivity contribution is -0.116. The number of aryl methyl sites for hydroxylation is 2. The molecule has 1 heterocycles. The van der Waals surface area contributed by atoms with Crippen LogP contribution in [0.15, 0.2) is 53.9 Å². The molecule has 0 radical (unpaired) electrons. The third kappa shape index (κ3) is 5.61. The van der Waals surface area contributed by atoms with Crippen LogP contribution in [0.5, 0.6) is 0 Å². The molecule has 0 spiro atoms. The maximum absolute atomic E-state index is 12.6. The average molecular weight is 436 g/mol. The molecule has 3 aromatic rings. The van der Waals surface area contributed by atoms with Gasteiger partial charge in [-0.3, -0.25) is 4.79 Å². The fraction of sp³-hybridized carbons (Fsp3) is 0.308. The molecule has 0 unspecified atom stereocenters. The Bertz CT molecular complexity index is 1030. The van der Waals surface area contributed by atoms with Gasteiger partial charge in [-0.25, -0.2) is 4.79 Å². The second kappa shape index (κ2) is 10.4. The summed E-state index contributed by atoms with van der Waals surface area (Å²) in [6, 6.07) is 16.5. The van der Waals surface area contributed by atoms with Gasteiger partial charge < -0.3 is 10.1 Å². The topological polar surface area (TPSA) is 55.4 Å². The third-order valence-electron chi connectivity index (χ3n) is 5.39. The quantitative estimate of drug-likeness (QED) is 0.413. The zero-order valence-electron chi connectivity index (χ0n) is 18.5. The summed E-state index contributed by atoms with van der Waals surface area (Å²) >= 11 is 1.35. The van der Waals surface area contributed by atoms with Crippen molar-refractivity contribution in [1.82, 2.24) is 0 Å². The van der Waals surface area contributed by atoms with E-state index < -0.39 is 5.97 Å². The van der Waals surface area contributed by atoms with Gasteiger partial charge in [-0.15, -0.1) is 11.3 Å². The summed E-state index contributed by atoms with van der Waals surface area (Å²) in [4.78, 5) is 25.1. The van der Waals surface area contributed by atoms with Crippen LogP contribution >= 0.6 is 11.3 Å². The van der Waals surface area contributed by atoms with Crippen LogP contribution in [0.1, 0.15) is 60.2 Å². The van der Waals surface area contributed by atoms with Crippen LogP contribution < -0.4 is 5.32 Å². The first-order chi connectivity index (χ1) is 14.9. The number of carbonyl (C=O) groups is 2. The van der Waals surface area contributed by atoms with Gasteiger partial charge in [0.05, 0.1) is 7.11 Å². The lowest BCUT2D eigenvalue weighted by Crippen LogP contribution is -2.14. The fourth-order valence-electron chi connectivity index (χ4n) is 3.40. The Labute approximate surface area is 188 Å². The summed E-state index contributed by atoms with van der Waals surface area (Å²) in [6.07, 6.45) is 1.95. The minimum atomic E-state index is -0.449. The standard InChI is InChI=1S/C26H29NO3S/c1-5-18-6-13-21(14-7-18)22-16-31-25(24(22)26(29)30-4)27-23(28)15-10-19-8-11-20(12-9-19)17(2)3/h6-9,11-14,16-17H,5,10,15H2,1-4H3,(H,27,28). The summed E-state index contributed by atoms with van der Waals surface area (Å²) < 4.78 is 5.00. The van der Waals surface area contributed by atoms with Crippen molar-refractivity contribution < 1.29 is 14.3 Å². The second-order valence-electron chi connectivity index (χ2n) is 7.84. The van der Waals surface area contributed by atoms with Crippen LogP contribution in [0, 0.1) is 0 Å². The number of benzene rings is 2. The number of ether oxygens (including phenoxy) is 1. The lowest BCUT2D eigenvalue weighted by atomic mass is 10.00. The van der Waals surface area contributed by atoms with Gasteiger partial charge in [-0.1, -0.05) is 69.3 Å². The molecule has 1 aromatic heterocycles. The summed E-state index contributed by atoms with van der Waals surface area (Å²) in [5.41, 5.74) is 5.75. The first kappa shape index (κ1) is 22.8. The highest BCUT2D eigenvalue weighted by Gasteiger charge is 2.22. The summed E-state index contributed by atoms with van der Waals surface area (Å²) in [5, 5.41) is 5.34. The molecule has 1 amide bonds. The van der Waals surface area contributed by atoms with Crippen molar-refractivity contribution in [2.75, 3.05) is 12.4 Å². The maximum Gasteiger partial charge on any atom is 0.341 e. The Morgan fingerprint density at radius 1 is 1.00 bits per heavy atom. The van der Waals surface area contributed by atoms with Gasteiger partial charge in [0.15, 0.2) is 0 Å². The molecule has 31 heavy (non-hydrogen) atoms. The number of carbonyl (C=O) groups excluding carboxylic acids is 2. The van der Waals surface area contributed by atoms with Crippen LogP contribution in [0.4, 0.5) is 5.00 Å². The summed E-state index contributed by atoms with van der Waals surface area (Å²) in [5.74, 6) is -0.0801. The molecule has 4 nitrogen and oxygen atoms in total. The molecule has 5 heteroatoms. The van der Waals surface area contributed by atoms with E-state index in [2.05, 4.69) is 62.5 Å². The zero-order valence-corrected chi connectivity index (χ0v) is 19.3. The Balaban J connectivity index is 1.73. The summed E-state index contributed by atoms with van der Waals surface area (Å²) in [7, 11) is 1.36. The second-order valence-corrected chi connectivity index (χ2v) is 8.72. The van der Waals surface area contributed by atoms with Crippen molar-refractivity contribution in [2.45, 2.75) is 46.0 Å². The van der Waals surface area contributed by atoms with E-state index in [1.54, 1.807) is 0 Å². The van der Waals surface area contributed by atoms with E-state index in [1.165, 1.54) is 29.6 Å². The number of anilines is 1. The van der Waals surface area contributed by atoms with Gasteiger partial charge in [0, 0.05) is 17.4 Å². The van der Waals surface area contributed by atoms with Gasteiger partial charge in [0.2, 0.25) is 5.91 Å². The van der Waals surface area contributed by atoms with Gasteiger partial charge >= 0.3 is 5.97 Å². The number of rotatable bonds is 8. The van der Waals surface area contributed by atoms with Crippen molar-refractivity contribution in [1.29, 1.82) is 0 Å². The molecule has 1 N–H and O–H groups in total. The minimum Gasteiger partial charge on any atom is -0.465 e. The number of hydrogen-bond donors (Lipinski definition) is 1. The fourth-order valence-corrected chi connectivity index (χ4v) is 4.38. The lowest BCUT2D eigenvalue weighted by Gasteiger charge is -2.09. The smallest absolute Gasteiger partial charge is 0.341 e. The molecule has 0 fully saturated rings. The monoisotopic (exact) mass is 435 g/mol. The van der Waals surface area contributed by atoms with Crippen LogP contribution in [-0.4, -0.2) is 19.0 Å². The van der Waals surface area contributed by atoms with E-state index in [1.807, 2.05) is 17.5 Å².